The lowest BCUT2D eigenvalue weighted by molar-refractivity contribution is -0.384. The van der Waals surface area contributed by atoms with E-state index < -0.39 is 20.9 Å². The second-order valence-electron chi connectivity index (χ2n) is 6.71. The van der Waals surface area contributed by atoms with Crippen LogP contribution in [-0.2, 0) is 10.0 Å². The average Bonchev–Trinajstić information content (AvgIpc) is 2.69. The van der Waals surface area contributed by atoms with Crippen LogP contribution in [-0.4, -0.2) is 19.2 Å². The first-order valence-corrected chi connectivity index (χ1v) is 10.4. The van der Waals surface area contributed by atoms with Gasteiger partial charge in [0.1, 0.15) is 0 Å². The molecule has 2 N–H and O–H groups in total. The number of aryl methyl sites for hydroxylation is 2. The number of nitro groups is 1. The number of hydrogen-bond donors (Lipinski definition) is 2. The summed E-state index contributed by atoms with van der Waals surface area (Å²) in [4.78, 5) is 22.8. The molecular weight excluding hydrogens is 406 g/mol. The van der Waals surface area contributed by atoms with Crippen molar-refractivity contribution in [3.05, 3.63) is 93.5 Å². The van der Waals surface area contributed by atoms with Crippen molar-refractivity contribution in [2.45, 2.75) is 18.7 Å². The Kier molecular flexibility index (Phi) is 5.84. The lowest BCUT2D eigenvalue weighted by Crippen LogP contribution is -2.16. The summed E-state index contributed by atoms with van der Waals surface area (Å²) in [5, 5.41) is 13.5. The van der Waals surface area contributed by atoms with Gasteiger partial charge in [0.15, 0.2) is 0 Å². The first-order chi connectivity index (χ1) is 14.2. The van der Waals surface area contributed by atoms with E-state index in [0.717, 1.165) is 11.6 Å². The molecule has 1 amide bonds. The van der Waals surface area contributed by atoms with Crippen molar-refractivity contribution in [1.82, 2.24) is 0 Å². The highest BCUT2D eigenvalue weighted by Crippen LogP contribution is 2.24. The second-order valence-corrected chi connectivity index (χ2v) is 8.40. The van der Waals surface area contributed by atoms with E-state index in [-0.39, 0.29) is 16.1 Å². The first-order valence-electron chi connectivity index (χ1n) is 8.92. The maximum absolute atomic E-state index is 12.8. The number of carbonyl (C=O) groups is 1. The number of rotatable bonds is 6. The van der Waals surface area contributed by atoms with E-state index in [1.165, 1.54) is 30.3 Å². The van der Waals surface area contributed by atoms with Crippen LogP contribution in [0.3, 0.4) is 0 Å². The Hall–Kier alpha value is -3.72. The van der Waals surface area contributed by atoms with Gasteiger partial charge in [-0.25, -0.2) is 8.42 Å². The van der Waals surface area contributed by atoms with E-state index in [2.05, 4.69) is 10.0 Å². The van der Waals surface area contributed by atoms with Crippen LogP contribution in [0.2, 0.25) is 0 Å². The van der Waals surface area contributed by atoms with Crippen molar-refractivity contribution in [1.29, 1.82) is 0 Å². The molecule has 8 nitrogen and oxygen atoms in total. The van der Waals surface area contributed by atoms with Crippen molar-refractivity contribution in [3.8, 4) is 0 Å². The summed E-state index contributed by atoms with van der Waals surface area (Å²) >= 11 is 0. The molecule has 0 aromatic heterocycles. The Labute approximate surface area is 173 Å². The maximum Gasteiger partial charge on any atom is 0.270 e. The molecule has 0 atom stereocenters. The Bertz CT molecular complexity index is 1240. The molecule has 3 aromatic carbocycles. The minimum atomic E-state index is -3.88. The summed E-state index contributed by atoms with van der Waals surface area (Å²) in [7, 11) is -3.88. The molecule has 154 valence electrons. The van der Waals surface area contributed by atoms with Crippen LogP contribution >= 0.6 is 0 Å². The van der Waals surface area contributed by atoms with Crippen molar-refractivity contribution in [3.63, 3.8) is 0 Å². The van der Waals surface area contributed by atoms with Crippen LogP contribution in [0.15, 0.2) is 71.6 Å². The van der Waals surface area contributed by atoms with Gasteiger partial charge in [0.05, 0.1) is 9.82 Å². The molecule has 30 heavy (non-hydrogen) atoms. The van der Waals surface area contributed by atoms with Gasteiger partial charge >= 0.3 is 0 Å². The van der Waals surface area contributed by atoms with E-state index in [0.29, 0.717) is 16.9 Å². The molecule has 0 fully saturated rings. The van der Waals surface area contributed by atoms with Gasteiger partial charge in [0.25, 0.3) is 21.6 Å². The lowest BCUT2D eigenvalue weighted by Gasteiger charge is -2.13. The van der Waals surface area contributed by atoms with E-state index in [9.17, 15) is 23.3 Å². The largest absolute Gasteiger partial charge is 0.322 e. The number of nitrogens with zero attached hydrogens (tertiary/aromatic N) is 1. The third kappa shape index (κ3) is 4.81. The van der Waals surface area contributed by atoms with Gasteiger partial charge < -0.3 is 5.32 Å². The Morgan fingerprint density at radius 3 is 2.40 bits per heavy atom. The molecule has 0 aliphatic carbocycles. The number of sulfonamides is 1. The number of amides is 1. The summed E-state index contributed by atoms with van der Waals surface area (Å²) in [5.74, 6) is -0.581. The number of nitrogens with one attached hydrogen (secondary N) is 2. The zero-order valence-corrected chi connectivity index (χ0v) is 17.1. The minimum absolute atomic E-state index is 0.0241. The van der Waals surface area contributed by atoms with Gasteiger partial charge in [-0.3, -0.25) is 19.6 Å². The van der Waals surface area contributed by atoms with Crippen molar-refractivity contribution < 1.29 is 18.1 Å². The third-order valence-electron chi connectivity index (χ3n) is 4.36. The summed E-state index contributed by atoms with van der Waals surface area (Å²) in [6, 6.07) is 16.6. The predicted molar refractivity (Wildman–Crippen MR) is 114 cm³/mol. The van der Waals surface area contributed by atoms with Crippen molar-refractivity contribution in [2.24, 2.45) is 0 Å². The van der Waals surface area contributed by atoms with Crippen molar-refractivity contribution in [2.75, 3.05) is 10.0 Å². The third-order valence-corrected chi connectivity index (χ3v) is 5.74. The molecule has 0 saturated heterocycles. The molecule has 0 radical (unpaired) electrons. The van der Waals surface area contributed by atoms with Crippen LogP contribution in [0.25, 0.3) is 0 Å². The number of anilines is 2. The highest BCUT2D eigenvalue weighted by Gasteiger charge is 2.18. The van der Waals surface area contributed by atoms with Gasteiger partial charge in [-0.05, 0) is 55.3 Å². The molecular formula is C21H19N3O5S. The summed E-state index contributed by atoms with van der Waals surface area (Å²) in [5.41, 5.74) is 2.15. The smallest absolute Gasteiger partial charge is 0.270 e. The van der Waals surface area contributed by atoms with Gasteiger partial charge in [-0.15, -0.1) is 0 Å². The normalized spacial score (nSPS) is 11.0. The fourth-order valence-electron chi connectivity index (χ4n) is 2.78. The minimum Gasteiger partial charge on any atom is -0.322 e. The van der Waals surface area contributed by atoms with E-state index in [1.54, 1.807) is 31.2 Å². The molecule has 0 spiro atoms. The van der Waals surface area contributed by atoms with Gasteiger partial charge in [0.2, 0.25) is 0 Å². The standard InChI is InChI=1S/C21H19N3O5S/c1-14-5-3-7-17(11-14)23-30(28,29)19-10-9-15(2)20(13-19)22-21(25)16-6-4-8-18(12-16)24(26)27/h3-13,23H,1-2H3,(H,22,25). The summed E-state index contributed by atoms with van der Waals surface area (Å²) < 4.78 is 28.0. The molecule has 0 aliphatic rings. The molecule has 0 heterocycles. The molecule has 0 unspecified atom stereocenters. The van der Waals surface area contributed by atoms with Crippen LogP contribution < -0.4 is 10.0 Å². The zero-order valence-electron chi connectivity index (χ0n) is 16.2. The maximum atomic E-state index is 12.8. The number of carbonyl (C=O) groups excluding carboxylic acids is 1. The van der Waals surface area contributed by atoms with Crippen LogP contribution in [0.5, 0.6) is 0 Å². The van der Waals surface area contributed by atoms with Gasteiger partial charge in [-0.1, -0.05) is 24.3 Å². The lowest BCUT2D eigenvalue weighted by atomic mass is 10.1. The second kappa shape index (κ2) is 8.34. The van der Waals surface area contributed by atoms with E-state index >= 15 is 0 Å². The number of non-ortho nitro benzene ring substituents is 1. The van der Waals surface area contributed by atoms with E-state index in [4.69, 9.17) is 0 Å². The van der Waals surface area contributed by atoms with Gasteiger partial charge in [0, 0.05) is 29.1 Å². The number of benzene rings is 3. The van der Waals surface area contributed by atoms with Crippen LogP contribution in [0, 0.1) is 24.0 Å². The SMILES string of the molecule is Cc1cccc(NS(=O)(=O)c2ccc(C)c(NC(=O)c3cccc([N+](=O)[O-])c3)c2)c1. The number of hydrogen-bond acceptors (Lipinski definition) is 5. The Morgan fingerprint density at radius 1 is 0.967 bits per heavy atom. The fraction of sp³-hybridized carbons (Fsp3) is 0.0952. The van der Waals surface area contributed by atoms with Gasteiger partial charge in [-0.2, -0.15) is 0 Å². The highest BCUT2D eigenvalue weighted by molar-refractivity contribution is 7.92. The summed E-state index contributed by atoms with van der Waals surface area (Å²) in [6.07, 6.45) is 0. The predicted octanol–water partition coefficient (Wildman–Crippen LogP) is 4.26. The molecule has 0 saturated carbocycles. The summed E-state index contributed by atoms with van der Waals surface area (Å²) in [6.45, 7) is 3.57. The molecule has 9 heteroatoms. The highest BCUT2D eigenvalue weighted by atomic mass is 32.2. The Balaban J connectivity index is 1.87. The molecule has 0 bridgehead atoms. The van der Waals surface area contributed by atoms with Crippen LogP contribution in [0.4, 0.5) is 17.1 Å². The first kappa shape index (κ1) is 21.0. The fourth-order valence-corrected chi connectivity index (χ4v) is 3.86. The monoisotopic (exact) mass is 425 g/mol. The van der Waals surface area contributed by atoms with E-state index in [1.807, 2.05) is 13.0 Å². The zero-order chi connectivity index (χ0) is 21.9. The molecule has 3 rings (SSSR count). The average molecular weight is 425 g/mol. The van der Waals surface area contributed by atoms with Crippen LogP contribution in [0.1, 0.15) is 21.5 Å². The quantitative estimate of drug-likeness (QED) is 0.452. The Morgan fingerprint density at radius 2 is 1.70 bits per heavy atom. The topological polar surface area (TPSA) is 118 Å². The number of nitro benzene ring substituents is 1. The molecule has 0 aliphatic heterocycles. The molecule has 3 aromatic rings. The van der Waals surface area contributed by atoms with Crippen molar-refractivity contribution >= 4 is 33.0 Å².